The van der Waals surface area contributed by atoms with Crippen LogP contribution in [0.25, 0.3) is 0 Å². The third-order valence-electron chi connectivity index (χ3n) is 2.02. The second kappa shape index (κ2) is 4.75. The molecular weight excluding hydrogens is 204 g/mol. The maximum atomic E-state index is 12.3. The maximum absolute atomic E-state index is 12.3. The van der Waals surface area contributed by atoms with Crippen LogP contribution in [0.15, 0.2) is 29.9 Å². The number of hydrogen-bond donors (Lipinski definition) is 3. The van der Waals surface area contributed by atoms with Gasteiger partial charge in [0.05, 0.1) is 0 Å². The molecule has 5 heteroatoms. The van der Waals surface area contributed by atoms with E-state index in [1.807, 2.05) is 0 Å². The highest BCUT2D eigenvalue weighted by Crippen LogP contribution is 2.30. The Bertz CT molecular complexity index is 387. The summed E-state index contributed by atoms with van der Waals surface area (Å²) in [7, 11) is 0. The van der Waals surface area contributed by atoms with E-state index in [0.29, 0.717) is 0 Å². The summed E-state index contributed by atoms with van der Waals surface area (Å²) in [6, 6.07) is 4.19. The first-order chi connectivity index (χ1) is 7.06. The van der Waals surface area contributed by atoms with Gasteiger partial charge in [-0.1, -0.05) is 12.1 Å². The van der Waals surface area contributed by atoms with Crippen molar-refractivity contribution in [3.63, 3.8) is 0 Å². The zero-order chi connectivity index (χ0) is 11.4. The lowest BCUT2D eigenvalue weighted by Crippen LogP contribution is -2.06. The van der Waals surface area contributed by atoms with Crippen molar-refractivity contribution in [3.8, 4) is 11.5 Å². The summed E-state index contributed by atoms with van der Waals surface area (Å²) in [5, 5.41) is 18.5. The van der Waals surface area contributed by atoms with Crippen LogP contribution >= 0.6 is 0 Å². The summed E-state index contributed by atoms with van der Waals surface area (Å²) < 4.78 is 24.5. The highest BCUT2D eigenvalue weighted by atomic mass is 19.3. The molecule has 4 N–H and O–H groups in total. The first-order valence-corrected chi connectivity index (χ1v) is 4.29. The summed E-state index contributed by atoms with van der Waals surface area (Å²) >= 11 is 0. The lowest BCUT2D eigenvalue weighted by Gasteiger charge is -2.07. The predicted octanol–water partition coefficient (Wildman–Crippen LogP) is 1.75. The van der Waals surface area contributed by atoms with Crippen LogP contribution < -0.4 is 5.73 Å². The molecule has 0 aromatic heterocycles. The third kappa shape index (κ3) is 2.66. The first kappa shape index (κ1) is 11.5. The van der Waals surface area contributed by atoms with Crippen molar-refractivity contribution in [2.24, 2.45) is 5.73 Å². The maximum Gasteiger partial charge on any atom is 0.271 e. The molecular formula is C10H11F2NO2. The van der Waals surface area contributed by atoms with Gasteiger partial charge in [-0.15, -0.1) is 0 Å². The van der Waals surface area contributed by atoms with Gasteiger partial charge in [0.1, 0.15) is 0 Å². The van der Waals surface area contributed by atoms with Crippen LogP contribution in [0, 0.1) is 0 Å². The number of halogens is 2. The topological polar surface area (TPSA) is 66.5 Å². The molecule has 0 amide bonds. The molecule has 0 unspecified atom stereocenters. The van der Waals surface area contributed by atoms with Gasteiger partial charge in [0, 0.05) is 24.1 Å². The van der Waals surface area contributed by atoms with Crippen molar-refractivity contribution in [3.05, 3.63) is 35.4 Å². The van der Waals surface area contributed by atoms with Crippen molar-refractivity contribution in [2.45, 2.75) is 6.42 Å². The summed E-state index contributed by atoms with van der Waals surface area (Å²) in [6.45, 7) is -0.280. The first-order valence-electron chi connectivity index (χ1n) is 4.29. The van der Waals surface area contributed by atoms with Gasteiger partial charge in [-0.05, 0) is 6.07 Å². The number of rotatable bonds is 3. The van der Waals surface area contributed by atoms with Crippen LogP contribution in [0.5, 0.6) is 11.5 Å². The molecule has 82 valence electrons. The zero-order valence-electron chi connectivity index (χ0n) is 7.87. The third-order valence-corrected chi connectivity index (χ3v) is 2.02. The van der Waals surface area contributed by atoms with Crippen LogP contribution in [-0.4, -0.2) is 16.8 Å². The Balaban J connectivity index is 2.99. The largest absolute Gasteiger partial charge is 0.504 e. The normalized spacial score (nSPS) is 10.1. The molecule has 0 radical (unpaired) electrons. The molecule has 0 atom stereocenters. The minimum atomic E-state index is -1.85. The number of benzene rings is 1. The van der Waals surface area contributed by atoms with Crippen LogP contribution in [0.2, 0.25) is 0 Å². The molecule has 1 rings (SSSR count). The smallest absolute Gasteiger partial charge is 0.271 e. The van der Waals surface area contributed by atoms with Crippen molar-refractivity contribution in [1.82, 2.24) is 0 Å². The molecule has 3 nitrogen and oxygen atoms in total. The van der Waals surface area contributed by atoms with E-state index in [4.69, 9.17) is 10.8 Å². The highest BCUT2D eigenvalue weighted by molar-refractivity contribution is 5.45. The molecule has 0 saturated carbocycles. The standard InChI is InChI=1S/C10H11F2NO2/c11-10(12)7(5-13)4-6-2-1-3-8(14)9(6)15/h1-3,14-15H,4-5,13H2. The Labute approximate surface area is 85.5 Å². The van der Waals surface area contributed by atoms with Gasteiger partial charge >= 0.3 is 0 Å². The quantitative estimate of drug-likeness (QED) is 0.673. The second-order valence-electron chi connectivity index (χ2n) is 3.03. The van der Waals surface area contributed by atoms with Gasteiger partial charge in [-0.2, -0.15) is 8.78 Å². The molecule has 0 bridgehead atoms. The molecule has 0 aliphatic heterocycles. The fraction of sp³-hybridized carbons (Fsp3) is 0.200. The summed E-state index contributed by atoms with van der Waals surface area (Å²) in [5.74, 6) is -0.715. The molecule has 15 heavy (non-hydrogen) atoms. The van der Waals surface area contributed by atoms with Crippen molar-refractivity contribution < 1.29 is 19.0 Å². The number of nitrogens with two attached hydrogens (primary N) is 1. The average molecular weight is 215 g/mol. The van der Waals surface area contributed by atoms with Gasteiger partial charge < -0.3 is 15.9 Å². The van der Waals surface area contributed by atoms with E-state index in [9.17, 15) is 13.9 Å². The molecule has 1 aromatic carbocycles. The van der Waals surface area contributed by atoms with Crippen LogP contribution in [0.4, 0.5) is 8.78 Å². The molecule has 0 heterocycles. The highest BCUT2D eigenvalue weighted by Gasteiger charge is 2.10. The summed E-state index contributed by atoms with van der Waals surface area (Å²) in [4.78, 5) is 0. The van der Waals surface area contributed by atoms with Gasteiger partial charge in [-0.3, -0.25) is 0 Å². The molecule has 0 spiro atoms. The molecule has 0 fully saturated rings. The number of phenols is 2. The van der Waals surface area contributed by atoms with Gasteiger partial charge in [0.2, 0.25) is 0 Å². The van der Waals surface area contributed by atoms with Crippen molar-refractivity contribution in [1.29, 1.82) is 0 Å². The Morgan fingerprint density at radius 2 is 1.93 bits per heavy atom. The summed E-state index contributed by atoms with van der Waals surface area (Å²) in [6.07, 6.45) is -2.01. The van der Waals surface area contributed by atoms with Crippen molar-refractivity contribution in [2.75, 3.05) is 6.54 Å². The monoisotopic (exact) mass is 215 g/mol. The Hall–Kier alpha value is -1.62. The Morgan fingerprint density at radius 1 is 1.27 bits per heavy atom. The van der Waals surface area contributed by atoms with E-state index in [1.165, 1.54) is 18.2 Å². The van der Waals surface area contributed by atoms with E-state index in [1.54, 1.807) is 0 Å². The lowest BCUT2D eigenvalue weighted by atomic mass is 10.0. The van der Waals surface area contributed by atoms with E-state index in [0.717, 1.165) is 0 Å². The van der Waals surface area contributed by atoms with Crippen molar-refractivity contribution >= 4 is 0 Å². The zero-order valence-corrected chi connectivity index (χ0v) is 7.87. The average Bonchev–Trinajstić information content (AvgIpc) is 2.19. The van der Waals surface area contributed by atoms with E-state index >= 15 is 0 Å². The van der Waals surface area contributed by atoms with Crippen LogP contribution in [0.1, 0.15) is 5.56 Å². The predicted molar refractivity (Wildman–Crippen MR) is 51.8 cm³/mol. The molecule has 0 aliphatic rings. The van der Waals surface area contributed by atoms with Crippen LogP contribution in [0.3, 0.4) is 0 Å². The van der Waals surface area contributed by atoms with E-state index < -0.39 is 6.08 Å². The number of para-hydroxylation sites is 1. The SMILES string of the molecule is NCC(Cc1cccc(O)c1O)=C(F)F. The van der Waals surface area contributed by atoms with Gasteiger partial charge in [0.25, 0.3) is 6.08 Å². The lowest BCUT2D eigenvalue weighted by molar-refractivity contribution is 0.396. The second-order valence-corrected chi connectivity index (χ2v) is 3.03. The number of aromatic hydroxyl groups is 2. The molecule has 0 saturated heterocycles. The van der Waals surface area contributed by atoms with Gasteiger partial charge in [0.15, 0.2) is 11.5 Å². The Kier molecular flexibility index (Phi) is 3.62. The minimum Gasteiger partial charge on any atom is -0.504 e. The number of hydrogen-bond acceptors (Lipinski definition) is 3. The minimum absolute atomic E-state index is 0.168. The van der Waals surface area contributed by atoms with Crippen LogP contribution in [-0.2, 0) is 6.42 Å². The molecule has 1 aromatic rings. The molecule has 0 aliphatic carbocycles. The van der Waals surface area contributed by atoms with E-state index in [-0.39, 0.29) is 35.6 Å². The van der Waals surface area contributed by atoms with E-state index in [2.05, 4.69) is 0 Å². The van der Waals surface area contributed by atoms with Gasteiger partial charge in [-0.25, -0.2) is 0 Å². The Morgan fingerprint density at radius 3 is 2.47 bits per heavy atom. The number of phenolic OH excluding ortho intramolecular Hbond substituents is 2. The fourth-order valence-electron chi connectivity index (χ4n) is 1.17. The summed E-state index contributed by atoms with van der Waals surface area (Å²) in [5.41, 5.74) is 5.10. The fourth-order valence-corrected chi connectivity index (χ4v) is 1.17.